The molecule has 4 atom stereocenters. The number of benzene rings is 2. The standard InChI is InChI=1S/C36H46FN3O3/c1-3-40-35(22-31(38-40)17-24-9-11-32(43-2)12-10-24)26-13-15-39(16-14-26)23-29-19-28(34(36(41)42)18-25-7-8-25)21-33(29)27-5-4-6-30(37)20-27/h4-6,9-12,20,22,25-26,28-29,33-34H,3,7-8,13-19,21,23H2,1-2H3,(H,41,42)/t28?,29?,33?,34-/m0/s1. The summed E-state index contributed by atoms with van der Waals surface area (Å²) in [5.41, 5.74) is 4.72. The number of aromatic nitrogens is 2. The van der Waals surface area contributed by atoms with Gasteiger partial charge in [0.2, 0.25) is 0 Å². The molecule has 0 bridgehead atoms. The number of likely N-dealkylation sites (tertiary alicyclic amines) is 1. The van der Waals surface area contributed by atoms with E-state index in [0.717, 1.165) is 81.7 Å². The lowest BCUT2D eigenvalue weighted by atomic mass is 9.85. The maximum Gasteiger partial charge on any atom is 0.306 e. The second-order valence-electron chi connectivity index (χ2n) is 13.3. The number of rotatable bonds is 12. The van der Waals surface area contributed by atoms with Crippen LogP contribution in [0.4, 0.5) is 4.39 Å². The molecule has 2 aromatic carbocycles. The topological polar surface area (TPSA) is 67.6 Å². The first-order valence-electron chi connectivity index (χ1n) is 16.3. The molecule has 1 aromatic heterocycles. The maximum absolute atomic E-state index is 14.3. The third-order valence-electron chi connectivity index (χ3n) is 10.4. The molecule has 2 saturated carbocycles. The van der Waals surface area contributed by atoms with Crippen LogP contribution in [-0.4, -0.2) is 52.5 Å². The van der Waals surface area contributed by atoms with Crippen LogP contribution in [0.3, 0.4) is 0 Å². The molecular formula is C36H46FN3O3. The summed E-state index contributed by atoms with van der Waals surface area (Å²) in [5, 5.41) is 15.1. The number of carboxylic acids is 1. The summed E-state index contributed by atoms with van der Waals surface area (Å²) in [5.74, 6) is 1.53. The van der Waals surface area contributed by atoms with E-state index in [2.05, 4.69) is 34.7 Å². The molecule has 1 aliphatic heterocycles. The smallest absolute Gasteiger partial charge is 0.306 e. The molecule has 0 spiro atoms. The number of carbonyl (C=O) groups is 1. The van der Waals surface area contributed by atoms with Gasteiger partial charge in [-0.2, -0.15) is 5.10 Å². The fraction of sp³-hybridized carbons (Fsp3) is 0.556. The minimum absolute atomic E-state index is 0.164. The van der Waals surface area contributed by atoms with E-state index in [4.69, 9.17) is 9.84 Å². The summed E-state index contributed by atoms with van der Waals surface area (Å²) in [6.07, 6.45) is 7.90. The van der Waals surface area contributed by atoms with Crippen LogP contribution in [-0.2, 0) is 17.8 Å². The van der Waals surface area contributed by atoms with E-state index in [1.165, 1.54) is 30.2 Å². The van der Waals surface area contributed by atoms with E-state index in [1.54, 1.807) is 19.2 Å². The Morgan fingerprint density at radius 3 is 2.49 bits per heavy atom. The SMILES string of the molecule is CCn1nc(Cc2ccc(OC)cc2)cc1C1CCN(CC2CC([C@H](CC3CC3)C(=O)O)CC2c2cccc(F)c2)CC1. The first-order valence-corrected chi connectivity index (χ1v) is 16.3. The highest BCUT2D eigenvalue weighted by Crippen LogP contribution is 2.49. The Bertz CT molecular complexity index is 1380. The van der Waals surface area contributed by atoms with Crippen molar-refractivity contribution in [2.24, 2.45) is 23.7 Å². The summed E-state index contributed by atoms with van der Waals surface area (Å²) >= 11 is 0. The van der Waals surface area contributed by atoms with Crippen LogP contribution in [0, 0.1) is 29.5 Å². The van der Waals surface area contributed by atoms with Crippen molar-refractivity contribution in [1.82, 2.24) is 14.7 Å². The Balaban J connectivity index is 1.11. The van der Waals surface area contributed by atoms with Gasteiger partial charge in [-0.25, -0.2) is 4.39 Å². The number of methoxy groups -OCH3 is 1. The molecule has 1 N–H and O–H groups in total. The molecule has 230 valence electrons. The normalized spacial score (nSPS) is 23.8. The summed E-state index contributed by atoms with van der Waals surface area (Å²) < 4.78 is 21.8. The Morgan fingerprint density at radius 1 is 1.07 bits per heavy atom. The summed E-state index contributed by atoms with van der Waals surface area (Å²) in [6.45, 7) is 6.03. The summed E-state index contributed by atoms with van der Waals surface area (Å²) in [4.78, 5) is 14.9. The van der Waals surface area contributed by atoms with Gasteiger partial charge < -0.3 is 14.7 Å². The largest absolute Gasteiger partial charge is 0.497 e. The number of nitrogens with zero attached hydrogens (tertiary/aromatic N) is 3. The number of carboxylic acid groups (broad SMARTS) is 1. The molecular weight excluding hydrogens is 541 g/mol. The number of hydrogen-bond acceptors (Lipinski definition) is 4. The fourth-order valence-electron chi connectivity index (χ4n) is 7.90. The van der Waals surface area contributed by atoms with Gasteiger partial charge in [0.25, 0.3) is 0 Å². The molecule has 0 radical (unpaired) electrons. The van der Waals surface area contributed by atoms with Gasteiger partial charge in [-0.05, 0) is 117 Å². The Kier molecular flexibility index (Phi) is 9.17. The van der Waals surface area contributed by atoms with Crippen molar-refractivity contribution >= 4 is 5.97 Å². The second-order valence-corrected chi connectivity index (χ2v) is 13.3. The third kappa shape index (κ3) is 7.14. The van der Waals surface area contributed by atoms with E-state index in [1.807, 2.05) is 18.2 Å². The van der Waals surface area contributed by atoms with Crippen molar-refractivity contribution in [3.63, 3.8) is 0 Å². The van der Waals surface area contributed by atoms with Gasteiger partial charge in [-0.1, -0.05) is 37.1 Å². The van der Waals surface area contributed by atoms with Gasteiger partial charge in [0, 0.05) is 31.1 Å². The maximum atomic E-state index is 14.3. The molecule has 0 amide bonds. The molecule has 3 aromatic rings. The zero-order valence-electron chi connectivity index (χ0n) is 25.6. The molecule has 6 nitrogen and oxygen atoms in total. The van der Waals surface area contributed by atoms with Crippen molar-refractivity contribution < 1.29 is 19.0 Å². The van der Waals surface area contributed by atoms with Gasteiger partial charge in [0.15, 0.2) is 0 Å². The number of aryl methyl sites for hydroxylation is 1. The zero-order valence-corrected chi connectivity index (χ0v) is 25.6. The van der Waals surface area contributed by atoms with Gasteiger partial charge in [0.1, 0.15) is 11.6 Å². The first-order chi connectivity index (χ1) is 20.9. The van der Waals surface area contributed by atoms with Crippen LogP contribution in [0.5, 0.6) is 5.75 Å². The summed E-state index contributed by atoms with van der Waals surface area (Å²) in [7, 11) is 1.69. The lowest BCUT2D eigenvalue weighted by Gasteiger charge is -2.35. The minimum atomic E-state index is -0.643. The van der Waals surface area contributed by atoms with Gasteiger partial charge in [-0.3, -0.25) is 9.48 Å². The number of ether oxygens (including phenoxy) is 1. The lowest BCUT2D eigenvalue weighted by molar-refractivity contribution is -0.144. The van der Waals surface area contributed by atoms with Crippen molar-refractivity contribution in [3.8, 4) is 5.75 Å². The molecule has 2 heterocycles. The van der Waals surface area contributed by atoms with E-state index < -0.39 is 5.97 Å². The van der Waals surface area contributed by atoms with E-state index in [0.29, 0.717) is 17.8 Å². The quantitative estimate of drug-likeness (QED) is 0.244. The Morgan fingerprint density at radius 2 is 1.84 bits per heavy atom. The second kappa shape index (κ2) is 13.2. The van der Waals surface area contributed by atoms with Crippen molar-refractivity contribution in [1.29, 1.82) is 0 Å². The van der Waals surface area contributed by atoms with Crippen molar-refractivity contribution in [3.05, 3.63) is 82.9 Å². The van der Waals surface area contributed by atoms with Crippen LogP contribution >= 0.6 is 0 Å². The van der Waals surface area contributed by atoms with Crippen molar-refractivity contribution in [2.45, 2.75) is 76.7 Å². The van der Waals surface area contributed by atoms with Crippen molar-refractivity contribution in [2.75, 3.05) is 26.7 Å². The monoisotopic (exact) mass is 587 g/mol. The highest BCUT2D eigenvalue weighted by molar-refractivity contribution is 5.70. The number of piperidine rings is 1. The van der Waals surface area contributed by atoms with E-state index >= 15 is 0 Å². The molecule has 1 saturated heterocycles. The van der Waals surface area contributed by atoms with Crippen LogP contribution in [0.25, 0.3) is 0 Å². The fourth-order valence-corrected chi connectivity index (χ4v) is 7.90. The van der Waals surface area contributed by atoms with Gasteiger partial charge in [0.05, 0.1) is 18.7 Å². The number of hydrogen-bond donors (Lipinski definition) is 1. The predicted octanol–water partition coefficient (Wildman–Crippen LogP) is 7.13. The Labute approximate surface area is 255 Å². The third-order valence-corrected chi connectivity index (χ3v) is 10.4. The number of halogens is 1. The molecule has 3 unspecified atom stereocenters. The first kappa shape index (κ1) is 29.9. The molecule has 2 aliphatic carbocycles. The zero-order chi connectivity index (χ0) is 29.9. The van der Waals surface area contributed by atoms with Crippen LogP contribution in [0.2, 0.25) is 0 Å². The van der Waals surface area contributed by atoms with Gasteiger partial charge >= 0.3 is 5.97 Å². The van der Waals surface area contributed by atoms with Gasteiger partial charge in [-0.15, -0.1) is 0 Å². The average Bonchev–Trinajstić information content (AvgIpc) is 3.61. The lowest BCUT2D eigenvalue weighted by Crippen LogP contribution is -2.37. The average molecular weight is 588 g/mol. The van der Waals surface area contributed by atoms with E-state index in [-0.39, 0.29) is 23.6 Å². The van der Waals surface area contributed by atoms with Crippen LogP contribution < -0.4 is 4.74 Å². The summed E-state index contributed by atoms with van der Waals surface area (Å²) in [6, 6.07) is 17.6. The molecule has 3 aliphatic rings. The minimum Gasteiger partial charge on any atom is -0.497 e. The molecule has 3 fully saturated rings. The molecule has 43 heavy (non-hydrogen) atoms. The molecule has 7 heteroatoms. The van der Waals surface area contributed by atoms with E-state index in [9.17, 15) is 14.3 Å². The highest BCUT2D eigenvalue weighted by atomic mass is 19.1. The van der Waals surface area contributed by atoms with Crippen LogP contribution in [0.15, 0.2) is 54.6 Å². The van der Waals surface area contributed by atoms with Crippen LogP contribution in [0.1, 0.15) is 86.2 Å². The number of aliphatic carboxylic acids is 1. The Hall–Kier alpha value is -3.19. The highest BCUT2D eigenvalue weighted by Gasteiger charge is 2.43. The molecule has 6 rings (SSSR count). The predicted molar refractivity (Wildman–Crippen MR) is 166 cm³/mol.